The van der Waals surface area contributed by atoms with E-state index in [4.69, 9.17) is 11.6 Å². The lowest BCUT2D eigenvalue weighted by Gasteiger charge is -2.08. The molecule has 0 fully saturated rings. The monoisotopic (exact) mass is 302 g/mol. The molecule has 0 spiro atoms. The van der Waals surface area contributed by atoms with Crippen molar-refractivity contribution in [3.63, 3.8) is 0 Å². The van der Waals surface area contributed by atoms with Gasteiger partial charge in [0.2, 0.25) is 0 Å². The van der Waals surface area contributed by atoms with Gasteiger partial charge in [0.25, 0.3) is 0 Å². The molecular formula is C11H11ClN2O2S2. The van der Waals surface area contributed by atoms with Crippen LogP contribution in [0.2, 0.25) is 4.34 Å². The quantitative estimate of drug-likeness (QED) is 0.943. The van der Waals surface area contributed by atoms with Crippen molar-refractivity contribution in [2.45, 2.75) is 11.4 Å². The summed E-state index contributed by atoms with van der Waals surface area (Å²) in [6.45, 7) is 0.497. The topological polar surface area (TPSA) is 59.1 Å². The summed E-state index contributed by atoms with van der Waals surface area (Å²) in [5.41, 5.74) is 0. The maximum atomic E-state index is 11.6. The molecular weight excluding hydrogens is 292 g/mol. The molecule has 0 saturated carbocycles. The predicted molar refractivity (Wildman–Crippen MR) is 74.0 cm³/mol. The highest BCUT2D eigenvalue weighted by atomic mass is 35.5. The Balaban J connectivity index is 2.20. The highest BCUT2D eigenvalue weighted by Gasteiger charge is 2.13. The molecule has 18 heavy (non-hydrogen) atoms. The minimum atomic E-state index is -3.28. The Kier molecular flexibility index (Phi) is 3.89. The highest BCUT2D eigenvalue weighted by Crippen LogP contribution is 2.23. The van der Waals surface area contributed by atoms with Crippen molar-refractivity contribution in [1.82, 2.24) is 4.98 Å². The van der Waals surface area contributed by atoms with E-state index in [1.807, 2.05) is 6.07 Å². The van der Waals surface area contributed by atoms with Crippen LogP contribution in [0.1, 0.15) is 4.88 Å². The van der Waals surface area contributed by atoms with Crippen molar-refractivity contribution < 1.29 is 8.42 Å². The van der Waals surface area contributed by atoms with Crippen molar-refractivity contribution in [3.8, 4) is 0 Å². The van der Waals surface area contributed by atoms with E-state index in [2.05, 4.69) is 10.3 Å². The van der Waals surface area contributed by atoms with Crippen LogP contribution < -0.4 is 5.32 Å². The van der Waals surface area contributed by atoms with Gasteiger partial charge < -0.3 is 5.32 Å². The molecule has 2 aromatic heterocycles. The SMILES string of the molecule is CS(=O)(=O)c1cccnc1NCc1ccc(Cl)s1. The third kappa shape index (κ3) is 3.22. The molecule has 2 heterocycles. The molecule has 0 amide bonds. The molecule has 0 aliphatic heterocycles. The second-order valence-electron chi connectivity index (χ2n) is 3.68. The lowest BCUT2D eigenvalue weighted by atomic mass is 10.4. The van der Waals surface area contributed by atoms with Crippen LogP contribution in [0.25, 0.3) is 0 Å². The number of pyridine rings is 1. The number of nitrogens with zero attached hydrogens (tertiary/aromatic N) is 1. The number of nitrogens with one attached hydrogen (secondary N) is 1. The minimum absolute atomic E-state index is 0.202. The number of sulfone groups is 1. The molecule has 1 N–H and O–H groups in total. The van der Waals surface area contributed by atoms with E-state index >= 15 is 0 Å². The van der Waals surface area contributed by atoms with Crippen LogP contribution >= 0.6 is 22.9 Å². The zero-order valence-corrected chi connectivity index (χ0v) is 11.9. The summed E-state index contributed by atoms with van der Waals surface area (Å²) in [5, 5.41) is 3.01. The van der Waals surface area contributed by atoms with Crippen LogP contribution in [0.4, 0.5) is 5.82 Å². The fourth-order valence-electron chi connectivity index (χ4n) is 1.44. The zero-order chi connectivity index (χ0) is 13.2. The first kappa shape index (κ1) is 13.3. The first-order chi connectivity index (χ1) is 8.47. The van der Waals surface area contributed by atoms with Gasteiger partial charge in [0.15, 0.2) is 9.84 Å². The molecule has 0 atom stereocenters. The van der Waals surface area contributed by atoms with Gasteiger partial charge in [-0.15, -0.1) is 11.3 Å². The molecule has 0 unspecified atom stereocenters. The van der Waals surface area contributed by atoms with Gasteiger partial charge in [0, 0.05) is 17.3 Å². The number of anilines is 1. The van der Waals surface area contributed by atoms with Crippen LogP contribution in [-0.2, 0) is 16.4 Å². The van der Waals surface area contributed by atoms with Crippen molar-refractivity contribution in [1.29, 1.82) is 0 Å². The van der Waals surface area contributed by atoms with Gasteiger partial charge in [0.1, 0.15) is 10.7 Å². The fourth-order valence-corrected chi connectivity index (χ4v) is 3.27. The molecule has 0 aliphatic rings. The Bertz CT molecular complexity index is 653. The van der Waals surface area contributed by atoms with E-state index in [1.54, 1.807) is 18.3 Å². The van der Waals surface area contributed by atoms with E-state index in [1.165, 1.54) is 17.4 Å². The third-order valence-electron chi connectivity index (χ3n) is 2.23. The molecule has 4 nitrogen and oxygen atoms in total. The third-order valence-corrected chi connectivity index (χ3v) is 4.59. The van der Waals surface area contributed by atoms with E-state index in [-0.39, 0.29) is 4.90 Å². The Morgan fingerprint density at radius 3 is 2.78 bits per heavy atom. The Labute approximate surface area is 115 Å². The highest BCUT2D eigenvalue weighted by molar-refractivity contribution is 7.90. The Morgan fingerprint density at radius 1 is 1.39 bits per heavy atom. The van der Waals surface area contributed by atoms with Gasteiger partial charge in [-0.2, -0.15) is 0 Å². The van der Waals surface area contributed by atoms with Crippen molar-refractivity contribution in [2.24, 2.45) is 0 Å². The minimum Gasteiger partial charge on any atom is -0.364 e. The second-order valence-corrected chi connectivity index (χ2v) is 7.47. The number of thiophene rings is 1. The van der Waals surface area contributed by atoms with Crippen LogP contribution in [0.15, 0.2) is 35.4 Å². The maximum Gasteiger partial charge on any atom is 0.179 e. The molecule has 0 saturated heterocycles. The Morgan fingerprint density at radius 2 is 2.17 bits per heavy atom. The summed E-state index contributed by atoms with van der Waals surface area (Å²) in [7, 11) is -3.28. The largest absolute Gasteiger partial charge is 0.364 e. The summed E-state index contributed by atoms with van der Waals surface area (Å²) in [5.74, 6) is 0.365. The molecule has 0 aromatic carbocycles. The molecule has 0 radical (unpaired) electrons. The first-order valence-corrected chi connectivity index (χ1v) is 8.18. The molecule has 96 valence electrons. The van der Waals surface area contributed by atoms with Crippen LogP contribution in [-0.4, -0.2) is 19.7 Å². The average Bonchev–Trinajstić information content (AvgIpc) is 2.72. The van der Waals surface area contributed by atoms with Gasteiger partial charge >= 0.3 is 0 Å². The molecule has 2 rings (SSSR count). The number of rotatable bonds is 4. The normalized spacial score (nSPS) is 11.4. The van der Waals surface area contributed by atoms with Gasteiger partial charge in [-0.3, -0.25) is 0 Å². The van der Waals surface area contributed by atoms with Crippen molar-refractivity contribution in [3.05, 3.63) is 39.7 Å². The number of hydrogen-bond acceptors (Lipinski definition) is 5. The zero-order valence-electron chi connectivity index (χ0n) is 9.55. The molecule has 2 aromatic rings. The average molecular weight is 303 g/mol. The van der Waals surface area contributed by atoms with Gasteiger partial charge in [-0.1, -0.05) is 11.6 Å². The van der Waals surface area contributed by atoms with Gasteiger partial charge in [0.05, 0.1) is 10.9 Å². The summed E-state index contributed by atoms with van der Waals surface area (Å²) in [6, 6.07) is 6.83. The van der Waals surface area contributed by atoms with Gasteiger partial charge in [-0.25, -0.2) is 13.4 Å². The van der Waals surface area contributed by atoms with Crippen LogP contribution in [0.3, 0.4) is 0 Å². The summed E-state index contributed by atoms with van der Waals surface area (Å²) >= 11 is 7.27. The fraction of sp³-hybridized carbons (Fsp3) is 0.182. The lowest BCUT2D eigenvalue weighted by Crippen LogP contribution is -2.07. The molecule has 0 bridgehead atoms. The smallest absolute Gasteiger partial charge is 0.179 e. The second kappa shape index (κ2) is 5.26. The van der Waals surface area contributed by atoms with Crippen molar-refractivity contribution >= 4 is 38.6 Å². The summed E-state index contributed by atoms with van der Waals surface area (Å²) in [4.78, 5) is 5.27. The number of aromatic nitrogens is 1. The Hall–Kier alpha value is -1.11. The molecule has 0 aliphatic carbocycles. The van der Waals surface area contributed by atoms with Gasteiger partial charge in [-0.05, 0) is 24.3 Å². The maximum absolute atomic E-state index is 11.6. The van der Waals surface area contributed by atoms with E-state index < -0.39 is 9.84 Å². The van der Waals surface area contributed by atoms with Crippen molar-refractivity contribution in [2.75, 3.05) is 11.6 Å². The lowest BCUT2D eigenvalue weighted by molar-refractivity contribution is 0.602. The first-order valence-electron chi connectivity index (χ1n) is 5.10. The standard InChI is InChI=1S/C11H11ClN2O2S2/c1-18(15,16)9-3-2-6-13-11(9)14-7-8-4-5-10(12)17-8/h2-6H,7H2,1H3,(H,13,14). The molecule has 7 heteroatoms. The van der Waals surface area contributed by atoms with E-state index in [0.717, 1.165) is 11.1 Å². The predicted octanol–water partition coefficient (Wildman–Crippen LogP) is 2.81. The number of hydrogen-bond donors (Lipinski definition) is 1. The van der Waals surface area contributed by atoms with Crippen LogP contribution in [0, 0.1) is 0 Å². The van der Waals surface area contributed by atoms with E-state index in [0.29, 0.717) is 16.7 Å². The summed E-state index contributed by atoms with van der Waals surface area (Å²) < 4.78 is 23.8. The number of halogens is 1. The summed E-state index contributed by atoms with van der Waals surface area (Å²) in [6.07, 6.45) is 2.72. The van der Waals surface area contributed by atoms with Crippen LogP contribution in [0.5, 0.6) is 0 Å². The van der Waals surface area contributed by atoms with E-state index in [9.17, 15) is 8.42 Å².